The topological polar surface area (TPSA) is 133 Å². The zero-order valence-electron chi connectivity index (χ0n) is 20.4. The van der Waals surface area contributed by atoms with Crippen molar-refractivity contribution in [2.24, 2.45) is 0 Å². The molecule has 188 valence electrons. The Labute approximate surface area is 208 Å². The zero-order chi connectivity index (χ0) is 25.1. The molecular formula is C24H29N9O3. The Bertz CT molecular complexity index is 1340. The second-order valence-corrected chi connectivity index (χ2v) is 8.67. The van der Waals surface area contributed by atoms with E-state index < -0.39 is 12.3 Å². The second-order valence-electron chi connectivity index (χ2n) is 8.67. The lowest BCUT2D eigenvalue weighted by atomic mass is 10.1. The summed E-state index contributed by atoms with van der Waals surface area (Å²) in [5.41, 5.74) is 3.63. The Kier molecular flexibility index (Phi) is 6.67. The van der Waals surface area contributed by atoms with Crippen LogP contribution in [0.2, 0.25) is 0 Å². The van der Waals surface area contributed by atoms with Crippen molar-refractivity contribution in [2.45, 2.75) is 45.5 Å². The molecule has 1 amide bonds. The monoisotopic (exact) mass is 491 g/mol. The first-order chi connectivity index (χ1) is 17.5. The quantitative estimate of drug-likeness (QED) is 0.323. The Morgan fingerprint density at radius 2 is 2.08 bits per heavy atom. The minimum Gasteiger partial charge on any atom is -0.450 e. The van der Waals surface area contributed by atoms with Crippen molar-refractivity contribution in [2.75, 3.05) is 18.5 Å². The number of alkyl carbamates (subject to hydrolysis) is 1. The zero-order valence-corrected chi connectivity index (χ0v) is 20.4. The van der Waals surface area contributed by atoms with Gasteiger partial charge in [0.1, 0.15) is 0 Å². The molecule has 1 aromatic carbocycles. The van der Waals surface area contributed by atoms with Crippen molar-refractivity contribution in [3.05, 3.63) is 60.0 Å². The summed E-state index contributed by atoms with van der Waals surface area (Å²) < 4.78 is 14.5. The largest absolute Gasteiger partial charge is 0.450 e. The molecule has 12 nitrogen and oxygen atoms in total. The lowest BCUT2D eigenvalue weighted by Crippen LogP contribution is -2.67. The number of hydrogen-bond donors (Lipinski definition) is 3. The van der Waals surface area contributed by atoms with Crippen LogP contribution in [0, 0.1) is 0 Å². The van der Waals surface area contributed by atoms with Crippen LogP contribution >= 0.6 is 0 Å². The average molecular weight is 492 g/mol. The van der Waals surface area contributed by atoms with E-state index in [0.29, 0.717) is 31.3 Å². The van der Waals surface area contributed by atoms with E-state index in [0.717, 1.165) is 16.8 Å². The smallest absolute Gasteiger partial charge is 0.407 e. The van der Waals surface area contributed by atoms with Gasteiger partial charge in [0.05, 0.1) is 24.5 Å². The van der Waals surface area contributed by atoms with Gasteiger partial charge in [-0.2, -0.15) is 24.7 Å². The van der Waals surface area contributed by atoms with E-state index in [1.807, 2.05) is 41.2 Å². The fourth-order valence-corrected chi connectivity index (χ4v) is 3.94. The first-order valence-electron chi connectivity index (χ1n) is 11.9. The van der Waals surface area contributed by atoms with Crippen LogP contribution in [0.3, 0.4) is 0 Å². The number of amides is 1. The van der Waals surface area contributed by atoms with Gasteiger partial charge in [-0.05, 0) is 30.5 Å². The number of hydrogen-bond acceptors (Lipinski definition) is 9. The highest BCUT2D eigenvalue weighted by Gasteiger charge is 2.35. The summed E-state index contributed by atoms with van der Waals surface area (Å²) in [4.78, 5) is 21.0. The van der Waals surface area contributed by atoms with E-state index >= 15 is 0 Å². The van der Waals surface area contributed by atoms with Crippen LogP contribution in [0.25, 0.3) is 11.3 Å². The van der Waals surface area contributed by atoms with Crippen LogP contribution in [0.1, 0.15) is 37.8 Å². The maximum atomic E-state index is 11.8. The Morgan fingerprint density at radius 3 is 2.81 bits per heavy atom. The van der Waals surface area contributed by atoms with Crippen LogP contribution in [-0.2, 0) is 11.3 Å². The number of benzene rings is 1. The molecule has 0 saturated carbocycles. The fraction of sp³-hybridized carbons (Fsp3) is 0.375. The molecule has 2 unspecified atom stereocenters. The summed E-state index contributed by atoms with van der Waals surface area (Å²) >= 11 is 0. The number of carbonyl (C=O) groups is 1. The van der Waals surface area contributed by atoms with Crippen molar-refractivity contribution < 1.29 is 14.3 Å². The van der Waals surface area contributed by atoms with Crippen LogP contribution in [0.15, 0.2) is 48.9 Å². The second kappa shape index (κ2) is 10.2. The molecule has 0 aliphatic carbocycles. The number of ether oxygens (including phenoxy) is 2. The number of anilines is 1. The van der Waals surface area contributed by atoms with Crippen molar-refractivity contribution >= 4 is 17.7 Å². The van der Waals surface area contributed by atoms with E-state index in [2.05, 4.69) is 50.0 Å². The Hall–Kier alpha value is -4.19. The minimum absolute atomic E-state index is 0.181. The van der Waals surface area contributed by atoms with Gasteiger partial charge in [0.2, 0.25) is 5.95 Å². The average Bonchev–Trinajstić information content (AvgIpc) is 3.55. The molecule has 1 aliphatic heterocycles. The van der Waals surface area contributed by atoms with E-state index in [9.17, 15) is 4.79 Å². The molecule has 4 heterocycles. The van der Waals surface area contributed by atoms with Gasteiger partial charge in [-0.25, -0.2) is 9.48 Å². The number of fused-ring (bicyclic) bond motifs is 1. The Morgan fingerprint density at radius 1 is 1.22 bits per heavy atom. The summed E-state index contributed by atoms with van der Waals surface area (Å²) in [6, 6.07) is 9.82. The van der Waals surface area contributed by atoms with Crippen LogP contribution < -0.4 is 20.7 Å². The van der Waals surface area contributed by atoms with E-state index in [1.54, 1.807) is 23.8 Å². The first kappa shape index (κ1) is 23.5. The van der Waals surface area contributed by atoms with Gasteiger partial charge in [0.15, 0.2) is 11.9 Å². The molecule has 36 heavy (non-hydrogen) atoms. The first-order valence-corrected chi connectivity index (χ1v) is 11.9. The predicted octanol–water partition coefficient (Wildman–Crippen LogP) is 2.47. The van der Waals surface area contributed by atoms with Crippen molar-refractivity contribution in [1.82, 2.24) is 40.0 Å². The predicted molar refractivity (Wildman–Crippen MR) is 132 cm³/mol. The maximum Gasteiger partial charge on any atom is 0.407 e. The molecule has 4 aromatic rings. The minimum atomic E-state index is -0.481. The summed E-state index contributed by atoms with van der Waals surface area (Å²) in [5, 5.41) is 18.2. The van der Waals surface area contributed by atoms with Crippen LogP contribution in [-0.4, -0.2) is 60.9 Å². The van der Waals surface area contributed by atoms with Crippen molar-refractivity contribution in [3.8, 4) is 11.7 Å². The lowest BCUT2D eigenvalue weighted by molar-refractivity contribution is 0.0426. The van der Waals surface area contributed by atoms with Gasteiger partial charge in [-0.15, -0.1) is 0 Å². The number of para-hydroxylation sites is 1. The highest BCUT2D eigenvalue weighted by Crippen LogP contribution is 2.24. The third-order valence-electron chi connectivity index (χ3n) is 5.89. The molecular weight excluding hydrogens is 462 g/mol. The van der Waals surface area contributed by atoms with Gasteiger partial charge >= 0.3 is 12.1 Å². The number of aromatic nitrogens is 6. The van der Waals surface area contributed by atoms with Crippen molar-refractivity contribution in [1.29, 1.82) is 0 Å². The van der Waals surface area contributed by atoms with Crippen molar-refractivity contribution in [3.63, 3.8) is 0 Å². The molecule has 1 saturated heterocycles. The van der Waals surface area contributed by atoms with Crippen LogP contribution in [0.5, 0.6) is 6.01 Å². The SMILES string of the molecule is CCOC(=O)NC1CNC1Oc1nc(NCc2ccccc2-n2cccn2)n2ncc(C(C)C)c2n1. The molecule has 3 aromatic heterocycles. The van der Waals surface area contributed by atoms with E-state index in [4.69, 9.17) is 9.47 Å². The molecule has 0 radical (unpaired) electrons. The van der Waals surface area contributed by atoms with Gasteiger partial charge < -0.3 is 20.1 Å². The molecule has 5 rings (SSSR count). The molecule has 12 heteroatoms. The molecule has 0 bridgehead atoms. The lowest BCUT2D eigenvalue weighted by Gasteiger charge is -2.36. The molecule has 2 atom stereocenters. The Balaban J connectivity index is 1.40. The summed E-state index contributed by atoms with van der Waals surface area (Å²) in [6.45, 7) is 7.27. The molecule has 3 N–H and O–H groups in total. The number of nitrogens with zero attached hydrogens (tertiary/aromatic N) is 6. The standard InChI is InChI=1S/C24H29N9O3/c1-4-35-24(34)29-18-14-25-21(18)36-23-30-20-17(15(2)3)13-28-33(20)22(31-23)26-12-16-8-5-6-9-19(16)32-11-7-10-27-32/h5-11,13,15,18,21,25H,4,12,14H2,1-3H3,(H,29,34)(H,26,30,31). The highest BCUT2D eigenvalue weighted by atomic mass is 16.6. The van der Waals surface area contributed by atoms with Crippen LogP contribution in [0.4, 0.5) is 10.7 Å². The molecule has 0 spiro atoms. The summed E-state index contributed by atoms with van der Waals surface area (Å²) in [6.07, 6.45) is 4.49. The van der Waals surface area contributed by atoms with Gasteiger partial charge in [-0.3, -0.25) is 5.32 Å². The highest BCUT2D eigenvalue weighted by molar-refractivity contribution is 5.67. The molecule has 1 aliphatic rings. The summed E-state index contributed by atoms with van der Waals surface area (Å²) in [5.74, 6) is 0.699. The fourth-order valence-electron chi connectivity index (χ4n) is 3.94. The third kappa shape index (κ3) is 4.80. The van der Waals surface area contributed by atoms with Gasteiger partial charge in [0.25, 0.3) is 0 Å². The van der Waals surface area contributed by atoms with Gasteiger partial charge in [-0.1, -0.05) is 32.0 Å². The van der Waals surface area contributed by atoms with E-state index in [-0.39, 0.29) is 18.0 Å². The summed E-state index contributed by atoms with van der Waals surface area (Å²) in [7, 11) is 0. The van der Waals surface area contributed by atoms with Gasteiger partial charge in [0, 0.05) is 31.0 Å². The maximum absolute atomic E-state index is 11.8. The molecule has 1 fully saturated rings. The normalized spacial score (nSPS) is 17.1. The third-order valence-corrected chi connectivity index (χ3v) is 5.89. The number of nitrogens with one attached hydrogen (secondary N) is 3. The number of rotatable bonds is 9. The number of carbonyl (C=O) groups excluding carboxylic acids is 1. The van der Waals surface area contributed by atoms with E-state index in [1.165, 1.54) is 0 Å².